The zero-order chi connectivity index (χ0) is 38.4. The van der Waals surface area contributed by atoms with E-state index in [9.17, 15) is 26.4 Å². The Labute approximate surface area is 306 Å². The molecule has 4 heterocycles. The minimum absolute atomic E-state index is 0.0176. The number of carbonyl (C=O) groups excluding carboxylic acids is 2. The number of H-pyrrole nitrogens is 1. The van der Waals surface area contributed by atoms with Gasteiger partial charge in [-0.15, -0.1) is 5.10 Å². The Hall–Kier alpha value is -3.67. The molecule has 15 nitrogen and oxygen atoms in total. The quantitative estimate of drug-likeness (QED) is 0.242. The van der Waals surface area contributed by atoms with E-state index in [2.05, 4.69) is 31.0 Å². The molecule has 17 heteroatoms. The highest BCUT2D eigenvalue weighted by Crippen LogP contribution is 2.28. The second-order valence-corrected chi connectivity index (χ2v) is 20.4. The molecular weight excluding hydrogens is 713 g/mol. The second kappa shape index (κ2) is 16.6. The molecule has 5 rings (SSSR count). The van der Waals surface area contributed by atoms with E-state index in [1.54, 1.807) is 6.07 Å². The normalized spacial score (nSPS) is 17.9. The van der Waals surface area contributed by atoms with Crippen LogP contribution in [0.4, 0.5) is 11.8 Å². The Kier molecular flexibility index (Phi) is 13.1. The van der Waals surface area contributed by atoms with Crippen molar-refractivity contribution in [2.45, 2.75) is 102 Å². The van der Waals surface area contributed by atoms with Gasteiger partial charge in [0, 0.05) is 36.9 Å². The molecule has 288 valence electrons. The average molecular weight is 765 g/mol. The van der Waals surface area contributed by atoms with Crippen molar-refractivity contribution in [3.05, 3.63) is 42.1 Å². The van der Waals surface area contributed by atoms with Gasteiger partial charge in [0.2, 0.25) is 23.6 Å². The Bertz CT molecular complexity index is 1870. The number of carbonyl (C=O) groups is 2. The molecule has 52 heavy (non-hydrogen) atoms. The summed E-state index contributed by atoms with van der Waals surface area (Å²) in [6, 6.07) is 10.9. The van der Waals surface area contributed by atoms with Gasteiger partial charge < -0.3 is 14.0 Å². The van der Waals surface area contributed by atoms with Gasteiger partial charge in [-0.05, 0) is 65.7 Å². The van der Waals surface area contributed by atoms with Gasteiger partial charge in [-0.2, -0.15) is 4.98 Å². The summed E-state index contributed by atoms with van der Waals surface area (Å²) in [5, 5.41) is 15.7. The number of hydrogen-bond acceptors (Lipinski definition) is 12. The van der Waals surface area contributed by atoms with Crippen molar-refractivity contribution >= 4 is 43.3 Å². The summed E-state index contributed by atoms with van der Waals surface area (Å²) >= 11 is 0. The molecule has 2 aliphatic heterocycles. The summed E-state index contributed by atoms with van der Waals surface area (Å²) < 4.78 is 63.8. The lowest BCUT2D eigenvalue weighted by molar-refractivity contribution is -0.118. The maximum absolute atomic E-state index is 12.8. The smallest absolute Gasteiger partial charge is 0.249 e. The van der Waals surface area contributed by atoms with Crippen LogP contribution < -0.4 is 10.6 Å². The number of hydrogen-bond donors (Lipinski definition) is 3. The fourth-order valence-electron chi connectivity index (χ4n) is 5.35. The van der Waals surface area contributed by atoms with Gasteiger partial charge in [0.25, 0.3) is 0 Å². The number of aromatic amines is 1. The van der Waals surface area contributed by atoms with Crippen LogP contribution in [0.5, 0.6) is 0 Å². The molecule has 2 saturated heterocycles. The first-order valence-corrected chi connectivity index (χ1v) is 20.8. The van der Waals surface area contributed by atoms with Gasteiger partial charge >= 0.3 is 0 Å². The maximum atomic E-state index is 12.8. The molecule has 0 radical (unpaired) electrons. The van der Waals surface area contributed by atoms with Gasteiger partial charge in [0.15, 0.2) is 25.5 Å². The largest absolute Gasteiger partial charge is 0.381 e. The SMILES string of the molecule is CC(C)(C(=O)Nc1n[nH]c(-c2ccccc2)n1)S(=O)(=O)CC1CCOCC1.CC(C)(C)c1cc(NC(=O)C(C)(C)S(=O)(=O)CC2CCCCO2)on1. The highest BCUT2D eigenvalue weighted by Gasteiger charge is 2.44. The van der Waals surface area contributed by atoms with Gasteiger partial charge in [-0.1, -0.05) is 56.3 Å². The summed E-state index contributed by atoms with van der Waals surface area (Å²) in [7, 11) is -7.36. The first kappa shape index (κ1) is 41.1. The lowest BCUT2D eigenvalue weighted by Gasteiger charge is -2.28. The van der Waals surface area contributed by atoms with Gasteiger partial charge in [0.05, 0.1) is 23.3 Å². The van der Waals surface area contributed by atoms with Crippen LogP contribution in [0.15, 0.2) is 40.9 Å². The lowest BCUT2D eigenvalue weighted by atomic mass is 9.92. The second-order valence-electron chi connectivity index (χ2n) is 15.2. The Morgan fingerprint density at radius 2 is 1.44 bits per heavy atom. The lowest BCUT2D eigenvalue weighted by Crippen LogP contribution is -2.48. The molecular formula is C35H52N6O9S2. The molecule has 2 aromatic heterocycles. The van der Waals surface area contributed by atoms with Crippen LogP contribution in [0.3, 0.4) is 0 Å². The van der Waals surface area contributed by atoms with Crippen LogP contribution in [0.1, 0.15) is 86.3 Å². The molecule has 0 bridgehead atoms. The van der Waals surface area contributed by atoms with Crippen molar-refractivity contribution in [3.8, 4) is 11.4 Å². The van der Waals surface area contributed by atoms with Gasteiger partial charge in [-0.25, -0.2) is 16.8 Å². The Morgan fingerprint density at radius 3 is 2.02 bits per heavy atom. The van der Waals surface area contributed by atoms with Crippen LogP contribution >= 0.6 is 0 Å². The van der Waals surface area contributed by atoms with E-state index in [0.717, 1.165) is 18.4 Å². The van der Waals surface area contributed by atoms with Crippen LogP contribution in [0.2, 0.25) is 0 Å². The van der Waals surface area contributed by atoms with Crippen LogP contribution in [-0.4, -0.2) is 95.9 Å². The van der Waals surface area contributed by atoms with E-state index in [4.69, 9.17) is 14.0 Å². The molecule has 3 N–H and O–H groups in total. The predicted octanol–water partition coefficient (Wildman–Crippen LogP) is 4.70. The third kappa shape index (κ3) is 10.3. The standard InChI is InChI=1S/C18H24N4O4S.C17H28N2O5S/c1-18(2,27(24,25)12-13-8-10-26-11-9-13)16(23)20-17-19-15(21-22-17)14-6-4-3-5-7-14;1-16(2,3)13-10-14(24-19-13)18-15(20)17(4,5)25(21,22)11-12-8-6-7-9-23-12/h3-7,13H,8-12H2,1-2H3,(H2,19,20,21,22,23);10,12H,6-9,11H2,1-5H3,(H,18,20). The third-order valence-corrected chi connectivity index (χ3v) is 14.6. The van der Waals surface area contributed by atoms with E-state index in [1.165, 1.54) is 27.7 Å². The molecule has 0 spiro atoms. The average Bonchev–Trinajstić information content (AvgIpc) is 3.76. The van der Waals surface area contributed by atoms with Crippen molar-refractivity contribution in [1.29, 1.82) is 0 Å². The van der Waals surface area contributed by atoms with E-state index in [1.807, 2.05) is 51.1 Å². The van der Waals surface area contributed by atoms with Crippen molar-refractivity contribution in [2.24, 2.45) is 5.92 Å². The fourth-order valence-corrected chi connectivity index (χ4v) is 8.56. The number of anilines is 2. The number of benzene rings is 1. The zero-order valence-electron chi connectivity index (χ0n) is 31.0. The summed E-state index contributed by atoms with van der Waals surface area (Å²) in [5.41, 5.74) is 1.27. The molecule has 2 fully saturated rings. The van der Waals surface area contributed by atoms with Crippen molar-refractivity contribution < 1.29 is 40.4 Å². The van der Waals surface area contributed by atoms with Crippen molar-refractivity contribution in [3.63, 3.8) is 0 Å². The summed E-state index contributed by atoms with van der Waals surface area (Å²) in [6.45, 7) is 13.2. The van der Waals surface area contributed by atoms with E-state index in [-0.39, 0.29) is 40.8 Å². The maximum Gasteiger partial charge on any atom is 0.249 e. The van der Waals surface area contributed by atoms with E-state index in [0.29, 0.717) is 50.6 Å². The van der Waals surface area contributed by atoms with Crippen LogP contribution in [-0.2, 0) is 44.2 Å². The molecule has 2 aliphatic rings. The molecule has 2 amide bonds. The molecule has 0 aliphatic carbocycles. The third-order valence-electron chi connectivity index (χ3n) is 9.40. The molecule has 0 saturated carbocycles. The van der Waals surface area contributed by atoms with Crippen LogP contribution in [0, 0.1) is 5.92 Å². The minimum atomic E-state index is -3.70. The molecule has 1 aromatic carbocycles. The number of ether oxygens (including phenoxy) is 2. The van der Waals surface area contributed by atoms with Crippen molar-refractivity contribution in [2.75, 3.05) is 42.0 Å². The first-order chi connectivity index (χ1) is 24.2. The number of sulfone groups is 2. The summed E-state index contributed by atoms with van der Waals surface area (Å²) in [4.78, 5) is 29.4. The summed E-state index contributed by atoms with van der Waals surface area (Å²) in [5.74, 6) is -0.761. The Morgan fingerprint density at radius 1 is 0.827 bits per heavy atom. The summed E-state index contributed by atoms with van der Waals surface area (Å²) in [6.07, 6.45) is 3.64. The van der Waals surface area contributed by atoms with E-state index < -0.39 is 41.0 Å². The minimum Gasteiger partial charge on any atom is -0.381 e. The van der Waals surface area contributed by atoms with E-state index >= 15 is 0 Å². The Balaban J connectivity index is 0.000000234. The highest BCUT2D eigenvalue weighted by molar-refractivity contribution is 7.93. The topological polar surface area (TPSA) is 213 Å². The fraction of sp³-hybridized carbons (Fsp3) is 0.629. The number of nitrogens with zero attached hydrogens (tertiary/aromatic N) is 3. The number of nitrogens with one attached hydrogen (secondary N) is 3. The highest BCUT2D eigenvalue weighted by atomic mass is 32.2. The van der Waals surface area contributed by atoms with Gasteiger partial charge in [-0.3, -0.25) is 25.3 Å². The number of rotatable bonds is 11. The monoisotopic (exact) mass is 764 g/mol. The van der Waals surface area contributed by atoms with Gasteiger partial charge in [0.1, 0.15) is 9.49 Å². The molecule has 1 unspecified atom stereocenters. The first-order valence-electron chi connectivity index (χ1n) is 17.4. The number of aromatic nitrogens is 4. The number of amides is 2. The van der Waals surface area contributed by atoms with Crippen molar-refractivity contribution in [1.82, 2.24) is 20.3 Å². The molecule has 3 aromatic rings. The zero-order valence-corrected chi connectivity index (χ0v) is 32.7. The molecule has 1 atom stereocenters. The van der Waals surface area contributed by atoms with Crippen LogP contribution in [0.25, 0.3) is 11.4 Å². The predicted molar refractivity (Wildman–Crippen MR) is 197 cm³/mol.